The summed E-state index contributed by atoms with van der Waals surface area (Å²) in [5.41, 5.74) is 2.74. The molecule has 1 aliphatic carbocycles. The molecule has 0 bridgehead atoms. The maximum absolute atomic E-state index is 11.4. The van der Waals surface area contributed by atoms with Crippen LogP contribution in [0.1, 0.15) is 31.2 Å². The maximum Gasteiger partial charge on any atom is 0.236 e. The lowest BCUT2D eigenvalue weighted by molar-refractivity contribution is -0.126. The summed E-state index contributed by atoms with van der Waals surface area (Å²) < 4.78 is 5.85. The van der Waals surface area contributed by atoms with Crippen LogP contribution in [0, 0.1) is 17.2 Å². The highest BCUT2D eigenvalue weighted by Gasteiger charge is 2.27. The maximum atomic E-state index is 11.4. The van der Waals surface area contributed by atoms with Gasteiger partial charge in [0.05, 0.1) is 11.7 Å². The van der Waals surface area contributed by atoms with Gasteiger partial charge >= 0.3 is 0 Å². The molecule has 1 aromatic carbocycles. The Morgan fingerprint density at radius 2 is 2.00 bits per heavy atom. The molecule has 1 fully saturated rings. The van der Waals surface area contributed by atoms with E-state index in [1.807, 2.05) is 12.1 Å². The Bertz CT molecular complexity index is 488. The zero-order valence-electron chi connectivity index (χ0n) is 10.6. The van der Waals surface area contributed by atoms with Gasteiger partial charge in [-0.2, -0.15) is 5.26 Å². The average molecular weight is 259 g/mol. The van der Waals surface area contributed by atoms with Crippen LogP contribution in [0.2, 0.25) is 0 Å². The van der Waals surface area contributed by atoms with Crippen LogP contribution in [0.3, 0.4) is 0 Å². The second-order valence-corrected chi connectivity index (χ2v) is 4.71. The van der Waals surface area contributed by atoms with Gasteiger partial charge in [-0.25, -0.2) is 5.84 Å². The molecule has 0 unspecified atom stereocenters. The second kappa shape index (κ2) is 6.21. The summed E-state index contributed by atoms with van der Waals surface area (Å²) in [7, 11) is 0. The van der Waals surface area contributed by atoms with Crippen molar-refractivity contribution >= 4 is 5.91 Å². The normalized spacial score (nSPS) is 22.3. The first-order valence-electron chi connectivity index (χ1n) is 6.41. The van der Waals surface area contributed by atoms with Crippen LogP contribution < -0.4 is 16.0 Å². The first kappa shape index (κ1) is 13.4. The third kappa shape index (κ3) is 3.24. The molecule has 5 nitrogen and oxygen atoms in total. The summed E-state index contributed by atoms with van der Waals surface area (Å²) >= 11 is 0. The highest BCUT2D eigenvalue weighted by atomic mass is 16.5. The molecule has 1 aliphatic rings. The summed E-state index contributed by atoms with van der Waals surface area (Å²) in [5.74, 6) is 5.64. The van der Waals surface area contributed by atoms with E-state index >= 15 is 0 Å². The fraction of sp³-hybridized carbons (Fsp3) is 0.429. The first-order valence-corrected chi connectivity index (χ1v) is 6.41. The van der Waals surface area contributed by atoms with Gasteiger partial charge in [0.15, 0.2) is 0 Å². The minimum absolute atomic E-state index is 0.0175. The minimum Gasteiger partial charge on any atom is -0.489 e. The number of rotatable bonds is 3. The molecule has 1 saturated carbocycles. The summed E-state index contributed by atoms with van der Waals surface area (Å²) in [6.07, 6.45) is 3.21. The SMILES string of the molecule is N#Cc1ccccc1OC1CCC(C(=O)NN)CC1. The third-order valence-corrected chi connectivity index (χ3v) is 3.49. The Labute approximate surface area is 112 Å². The first-order chi connectivity index (χ1) is 9.24. The predicted molar refractivity (Wildman–Crippen MR) is 69.9 cm³/mol. The fourth-order valence-corrected chi connectivity index (χ4v) is 2.40. The third-order valence-electron chi connectivity index (χ3n) is 3.49. The molecule has 0 heterocycles. The molecule has 0 radical (unpaired) electrons. The Balaban J connectivity index is 1.93. The van der Waals surface area contributed by atoms with Gasteiger partial charge in [0.2, 0.25) is 5.91 Å². The molecule has 0 aromatic heterocycles. The number of nitrogens with one attached hydrogen (secondary N) is 1. The zero-order chi connectivity index (χ0) is 13.7. The van der Waals surface area contributed by atoms with Crippen molar-refractivity contribution in [2.45, 2.75) is 31.8 Å². The number of benzene rings is 1. The zero-order valence-corrected chi connectivity index (χ0v) is 10.6. The predicted octanol–water partition coefficient (Wildman–Crippen LogP) is 1.49. The number of para-hydroxylation sites is 1. The van der Waals surface area contributed by atoms with Crippen molar-refractivity contribution in [3.63, 3.8) is 0 Å². The van der Waals surface area contributed by atoms with Gasteiger partial charge in [0.25, 0.3) is 0 Å². The Hall–Kier alpha value is -2.06. The van der Waals surface area contributed by atoms with E-state index in [0.29, 0.717) is 11.3 Å². The second-order valence-electron chi connectivity index (χ2n) is 4.71. The van der Waals surface area contributed by atoms with Crippen LogP contribution in [0.25, 0.3) is 0 Å². The molecular formula is C14H17N3O2. The van der Waals surface area contributed by atoms with E-state index in [1.165, 1.54) is 0 Å². The Morgan fingerprint density at radius 3 is 2.63 bits per heavy atom. The highest BCUT2D eigenvalue weighted by molar-refractivity contribution is 5.78. The number of nitrogens with zero attached hydrogens (tertiary/aromatic N) is 1. The number of carbonyl (C=O) groups excluding carboxylic acids is 1. The van der Waals surface area contributed by atoms with Gasteiger partial charge in [0.1, 0.15) is 11.8 Å². The van der Waals surface area contributed by atoms with Gasteiger partial charge in [-0.1, -0.05) is 12.1 Å². The summed E-state index contributed by atoms with van der Waals surface area (Å²) in [4.78, 5) is 11.4. The number of hydrazine groups is 1. The molecule has 19 heavy (non-hydrogen) atoms. The monoisotopic (exact) mass is 259 g/mol. The van der Waals surface area contributed by atoms with Crippen molar-refractivity contribution in [1.29, 1.82) is 5.26 Å². The van der Waals surface area contributed by atoms with Crippen molar-refractivity contribution in [2.75, 3.05) is 0 Å². The summed E-state index contributed by atoms with van der Waals surface area (Å²) in [6.45, 7) is 0. The quantitative estimate of drug-likeness (QED) is 0.489. The highest BCUT2D eigenvalue weighted by Crippen LogP contribution is 2.28. The summed E-state index contributed by atoms with van der Waals surface area (Å²) in [5, 5.41) is 9.00. The van der Waals surface area contributed by atoms with Crippen molar-refractivity contribution in [1.82, 2.24) is 5.43 Å². The molecule has 5 heteroatoms. The van der Waals surface area contributed by atoms with Crippen molar-refractivity contribution in [3.05, 3.63) is 29.8 Å². The number of carbonyl (C=O) groups is 1. The van der Waals surface area contributed by atoms with Gasteiger partial charge in [-0.3, -0.25) is 10.2 Å². The van der Waals surface area contributed by atoms with Crippen molar-refractivity contribution in [2.24, 2.45) is 11.8 Å². The molecule has 1 amide bonds. The van der Waals surface area contributed by atoms with E-state index in [1.54, 1.807) is 12.1 Å². The lowest BCUT2D eigenvalue weighted by Gasteiger charge is -2.28. The Kier molecular flexibility index (Phi) is 4.37. The van der Waals surface area contributed by atoms with E-state index < -0.39 is 0 Å². The lowest BCUT2D eigenvalue weighted by Crippen LogP contribution is -2.38. The Morgan fingerprint density at radius 1 is 1.32 bits per heavy atom. The van der Waals surface area contributed by atoms with Crippen LogP contribution in [0.5, 0.6) is 5.75 Å². The van der Waals surface area contributed by atoms with E-state index in [4.69, 9.17) is 15.8 Å². The molecular weight excluding hydrogens is 242 g/mol. The number of hydrogen-bond acceptors (Lipinski definition) is 4. The van der Waals surface area contributed by atoms with Gasteiger partial charge in [-0.05, 0) is 37.8 Å². The van der Waals surface area contributed by atoms with E-state index in [2.05, 4.69) is 11.5 Å². The largest absolute Gasteiger partial charge is 0.489 e. The van der Waals surface area contributed by atoms with E-state index in [-0.39, 0.29) is 17.9 Å². The smallest absolute Gasteiger partial charge is 0.236 e. The van der Waals surface area contributed by atoms with Crippen LogP contribution in [-0.2, 0) is 4.79 Å². The molecule has 0 aliphatic heterocycles. The van der Waals surface area contributed by atoms with Gasteiger partial charge < -0.3 is 4.74 Å². The van der Waals surface area contributed by atoms with Crippen molar-refractivity contribution in [3.8, 4) is 11.8 Å². The number of nitriles is 1. The van der Waals surface area contributed by atoms with Crippen LogP contribution in [-0.4, -0.2) is 12.0 Å². The lowest BCUT2D eigenvalue weighted by atomic mass is 9.87. The standard InChI is InChI=1S/C14H17N3O2/c15-9-11-3-1-2-4-13(11)19-12-7-5-10(6-8-12)14(18)17-16/h1-4,10,12H,5-8,16H2,(H,17,18). The van der Waals surface area contributed by atoms with Crippen molar-refractivity contribution < 1.29 is 9.53 Å². The van der Waals surface area contributed by atoms with Gasteiger partial charge in [-0.15, -0.1) is 0 Å². The summed E-state index contributed by atoms with van der Waals surface area (Å²) in [6, 6.07) is 9.32. The van der Waals surface area contributed by atoms with E-state index in [9.17, 15) is 4.79 Å². The molecule has 0 spiro atoms. The van der Waals surface area contributed by atoms with Crippen LogP contribution >= 0.6 is 0 Å². The number of nitrogens with two attached hydrogens (primary N) is 1. The molecule has 0 saturated heterocycles. The number of hydrogen-bond donors (Lipinski definition) is 2. The average Bonchev–Trinajstić information content (AvgIpc) is 2.48. The topological polar surface area (TPSA) is 88.1 Å². The molecule has 3 N–H and O–H groups in total. The molecule has 1 aromatic rings. The number of amides is 1. The van der Waals surface area contributed by atoms with Crippen LogP contribution in [0.4, 0.5) is 0 Å². The molecule has 0 atom stereocenters. The number of ether oxygens (including phenoxy) is 1. The minimum atomic E-state index is -0.101. The van der Waals surface area contributed by atoms with E-state index in [0.717, 1.165) is 25.7 Å². The molecule has 2 rings (SSSR count). The van der Waals surface area contributed by atoms with Gasteiger partial charge in [0, 0.05) is 5.92 Å². The molecule has 100 valence electrons. The fourth-order valence-electron chi connectivity index (χ4n) is 2.40. The van der Waals surface area contributed by atoms with Crippen LogP contribution in [0.15, 0.2) is 24.3 Å².